The molecule has 0 unspecified atom stereocenters. The summed E-state index contributed by atoms with van der Waals surface area (Å²) in [5.41, 5.74) is 5.51. The molecule has 0 spiro atoms. The third-order valence-corrected chi connectivity index (χ3v) is 7.44. The summed E-state index contributed by atoms with van der Waals surface area (Å²) in [6, 6.07) is -2.73. The number of rotatable bonds is 20. The van der Waals surface area contributed by atoms with Gasteiger partial charge in [0.1, 0.15) is 18.1 Å². The molecule has 4 atom stereocenters. The number of hydrogen-bond acceptors (Lipinski definition) is 7. The normalized spacial score (nSPS) is 14.6. The summed E-state index contributed by atoms with van der Waals surface area (Å²) in [6.45, 7) is 18.0. The summed E-state index contributed by atoms with van der Waals surface area (Å²) in [5.74, 6) is -1.62. The number of carbonyl (C=O) groups is 4. The van der Waals surface area contributed by atoms with E-state index in [9.17, 15) is 19.2 Å². The van der Waals surface area contributed by atoms with Gasteiger partial charge in [0.25, 0.3) is 0 Å². The smallest absolute Gasteiger partial charge is 0.246 e. The van der Waals surface area contributed by atoms with Gasteiger partial charge in [0.2, 0.25) is 23.6 Å². The van der Waals surface area contributed by atoms with Crippen LogP contribution in [0.5, 0.6) is 0 Å². The molecular formula is C30H61N7O4. The fourth-order valence-corrected chi connectivity index (χ4v) is 5.10. The van der Waals surface area contributed by atoms with Gasteiger partial charge in [0, 0.05) is 20.6 Å². The molecule has 0 aromatic carbocycles. The number of carbonyl (C=O) groups excluding carboxylic acids is 4. The summed E-state index contributed by atoms with van der Waals surface area (Å²) in [6.07, 6.45) is 2.79. The van der Waals surface area contributed by atoms with E-state index in [2.05, 4.69) is 21.3 Å². The number of unbranched alkanes of at least 4 members (excludes halogenated alkanes) is 1. The average Bonchev–Trinajstić information content (AvgIpc) is 2.87. The van der Waals surface area contributed by atoms with E-state index in [-0.39, 0.29) is 47.3 Å². The monoisotopic (exact) mass is 583 g/mol. The number of amides is 4. The molecule has 0 rings (SSSR count). The van der Waals surface area contributed by atoms with E-state index in [0.29, 0.717) is 13.1 Å². The Morgan fingerprint density at radius 1 is 0.634 bits per heavy atom. The molecule has 0 aromatic heterocycles. The van der Waals surface area contributed by atoms with Gasteiger partial charge in [-0.25, -0.2) is 0 Å². The summed E-state index contributed by atoms with van der Waals surface area (Å²) in [5, 5.41) is 12.2. The zero-order valence-electron chi connectivity index (χ0n) is 27.7. The van der Waals surface area contributed by atoms with Gasteiger partial charge >= 0.3 is 0 Å². The molecule has 11 heteroatoms. The average molecular weight is 584 g/mol. The summed E-state index contributed by atoms with van der Waals surface area (Å²) < 4.78 is 0. The zero-order valence-corrected chi connectivity index (χ0v) is 27.7. The zero-order chi connectivity index (χ0) is 31.9. The molecule has 6 N–H and O–H groups in total. The van der Waals surface area contributed by atoms with E-state index in [1.54, 1.807) is 21.1 Å². The Balaban J connectivity index is 5.59. The lowest BCUT2D eigenvalue weighted by Crippen LogP contribution is -2.61. The van der Waals surface area contributed by atoms with Crippen LogP contribution in [0.4, 0.5) is 0 Å². The van der Waals surface area contributed by atoms with Crippen LogP contribution in [0, 0.1) is 23.7 Å². The standard InChI is InChI=1S/C30H61N7O4/c1-19(2)23(32-9)27(38)35-24(20(3)4)29(40)37(11)26(22(7)8)30(41)36(10)25(21(5)6)28(39)34-18-14-17-33-16-13-12-15-31/h19-26,32-33H,12-18,31H2,1-11H3,(H,34,39)(H,35,38)/t23-,24-,25-,26-/m0/s1. The molecule has 0 aliphatic heterocycles. The van der Waals surface area contributed by atoms with Crippen LogP contribution in [0.25, 0.3) is 0 Å². The van der Waals surface area contributed by atoms with Gasteiger partial charge < -0.3 is 36.8 Å². The van der Waals surface area contributed by atoms with E-state index in [1.807, 2.05) is 55.4 Å². The van der Waals surface area contributed by atoms with Crippen molar-refractivity contribution in [2.75, 3.05) is 47.3 Å². The molecule has 0 saturated heterocycles. The lowest BCUT2D eigenvalue weighted by molar-refractivity contribution is -0.151. The van der Waals surface area contributed by atoms with E-state index in [4.69, 9.17) is 5.73 Å². The first-order valence-electron chi connectivity index (χ1n) is 15.3. The molecule has 4 amide bonds. The lowest BCUT2D eigenvalue weighted by atomic mass is 9.95. The first-order chi connectivity index (χ1) is 19.1. The molecule has 0 bridgehead atoms. The highest BCUT2D eigenvalue weighted by atomic mass is 16.2. The van der Waals surface area contributed by atoms with Gasteiger partial charge in [-0.1, -0.05) is 55.4 Å². The van der Waals surface area contributed by atoms with E-state index in [0.717, 1.165) is 32.4 Å². The van der Waals surface area contributed by atoms with E-state index in [1.165, 1.54) is 9.80 Å². The van der Waals surface area contributed by atoms with Crippen LogP contribution < -0.4 is 27.0 Å². The van der Waals surface area contributed by atoms with Crippen molar-refractivity contribution in [3.8, 4) is 0 Å². The van der Waals surface area contributed by atoms with Crippen LogP contribution in [0.3, 0.4) is 0 Å². The molecule has 0 aromatic rings. The van der Waals surface area contributed by atoms with Crippen molar-refractivity contribution < 1.29 is 19.2 Å². The molecule has 41 heavy (non-hydrogen) atoms. The van der Waals surface area contributed by atoms with E-state index < -0.39 is 24.2 Å². The van der Waals surface area contributed by atoms with E-state index >= 15 is 0 Å². The Morgan fingerprint density at radius 2 is 1.15 bits per heavy atom. The quantitative estimate of drug-likeness (QED) is 0.135. The number of hydrogen-bond donors (Lipinski definition) is 5. The lowest BCUT2D eigenvalue weighted by Gasteiger charge is -2.39. The molecule has 240 valence electrons. The Morgan fingerprint density at radius 3 is 1.61 bits per heavy atom. The fourth-order valence-electron chi connectivity index (χ4n) is 5.10. The van der Waals surface area contributed by atoms with Crippen LogP contribution in [0.15, 0.2) is 0 Å². The fraction of sp³-hybridized carbons (Fsp3) is 0.867. The maximum Gasteiger partial charge on any atom is 0.246 e. The summed E-state index contributed by atoms with van der Waals surface area (Å²) in [4.78, 5) is 56.7. The second-order valence-electron chi connectivity index (χ2n) is 12.4. The molecule has 11 nitrogen and oxygen atoms in total. The molecule has 0 saturated carbocycles. The van der Waals surface area contributed by atoms with Gasteiger partial charge in [0.05, 0.1) is 6.04 Å². The minimum atomic E-state index is -0.803. The van der Waals surface area contributed by atoms with Crippen molar-refractivity contribution in [2.24, 2.45) is 29.4 Å². The largest absolute Gasteiger partial charge is 0.354 e. The second-order valence-corrected chi connectivity index (χ2v) is 12.4. The minimum absolute atomic E-state index is 0.0380. The summed E-state index contributed by atoms with van der Waals surface area (Å²) >= 11 is 0. The highest BCUT2D eigenvalue weighted by molar-refractivity contribution is 5.95. The van der Waals surface area contributed by atoms with Crippen LogP contribution in [0.2, 0.25) is 0 Å². The Kier molecular flexibility index (Phi) is 18.7. The van der Waals surface area contributed by atoms with Crippen molar-refractivity contribution in [1.82, 2.24) is 31.1 Å². The third-order valence-electron chi connectivity index (χ3n) is 7.44. The van der Waals surface area contributed by atoms with Gasteiger partial charge in [-0.3, -0.25) is 19.2 Å². The number of nitrogens with one attached hydrogen (secondary N) is 4. The Labute approximate surface area is 249 Å². The van der Waals surface area contributed by atoms with Crippen molar-refractivity contribution in [3.63, 3.8) is 0 Å². The molecule has 0 radical (unpaired) electrons. The third kappa shape index (κ3) is 12.7. The first-order valence-corrected chi connectivity index (χ1v) is 15.3. The summed E-state index contributed by atoms with van der Waals surface area (Å²) in [7, 11) is 4.94. The molecule has 0 fully saturated rings. The van der Waals surface area contributed by atoms with Gasteiger partial charge in [-0.15, -0.1) is 0 Å². The first kappa shape index (κ1) is 38.8. The van der Waals surface area contributed by atoms with Crippen molar-refractivity contribution in [3.05, 3.63) is 0 Å². The van der Waals surface area contributed by atoms with Crippen molar-refractivity contribution in [1.29, 1.82) is 0 Å². The van der Waals surface area contributed by atoms with Gasteiger partial charge in [-0.2, -0.15) is 0 Å². The molecule has 0 aliphatic carbocycles. The minimum Gasteiger partial charge on any atom is -0.354 e. The Bertz CT molecular complexity index is 804. The highest BCUT2D eigenvalue weighted by Crippen LogP contribution is 2.19. The van der Waals surface area contributed by atoms with Crippen molar-refractivity contribution >= 4 is 23.6 Å². The SMILES string of the molecule is CN[C@H](C(=O)N[C@H](C(=O)N(C)[C@H](C(=O)N(C)[C@H](C(=O)NCCCNCCCCN)C(C)C)C(C)C)C(C)C)C(C)C. The highest BCUT2D eigenvalue weighted by Gasteiger charge is 2.40. The topological polar surface area (TPSA) is 149 Å². The van der Waals surface area contributed by atoms with Gasteiger partial charge in [0.15, 0.2) is 0 Å². The molecular weight excluding hydrogens is 522 g/mol. The van der Waals surface area contributed by atoms with Crippen LogP contribution in [-0.2, 0) is 19.2 Å². The predicted molar refractivity (Wildman–Crippen MR) is 166 cm³/mol. The second kappa shape index (κ2) is 19.8. The van der Waals surface area contributed by atoms with Crippen LogP contribution in [0.1, 0.15) is 74.7 Å². The number of nitrogens with two attached hydrogens (primary N) is 1. The number of likely N-dealkylation sites (N-methyl/N-ethyl adjacent to an activating group) is 3. The van der Waals surface area contributed by atoms with Crippen LogP contribution in [-0.4, -0.2) is 105 Å². The van der Waals surface area contributed by atoms with Gasteiger partial charge in [-0.05, 0) is 69.6 Å². The molecule has 0 heterocycles. The van der Waals surface area contributed by atoms with Crippen molar-refractivity contribution in [2.45, 2.75) is 98.8 Å². The maximum absolute atomic E-state index is 13.9. The maximum atomic E-state index is 13.9. The van der Waals surface area contributed by atoms with Crippen LogP contribution >= 0.6 is 0 Å². The molecule has 0 aliphatic rings. The predicted octanol–water partition coefficient (Wildman–Crippen LogP) is 1.17. The number of nitrogens with zero attached hydrogens (tertiary/aromatic N) is 2. The Hall–Kier alpha value is -2.24.